The monoisotopic (exact) mass is 383 g/mol. The Balaban J connectivity index is 1.36. The van der Waals surface area contributed by atoms with Crippen molar-refractivity contribution in [2.24, 2.45) is 5.92 Å². The summed E-state index contributed by atoms with van der Waals surface area (Å²) in [6.07, 6.45) is 5.45. The Morgan fingerprint density at radius 1 is 1.15 bits per heavy atom. The summed E-state index contributed by atoms with van der Waals surface area (Å²) in [4.78, 5) is 2.47. The van der Waals surface area contributed by atoms with Gasteiger partial charge in [-0.25, -0.2) is 8.42 Å². The molecule has 27 heavy (non-hydrogen) atoms. The van der Waals surface area contributed by atoms with Crippen LogP contribution in [-0.4, -0.2) is 42.9 Å². The summed E-state index contributed by atoms with van der Waals surface area (Å²) in [5.41, 5.74) is 4.52. The van der Waals surface area contributed by atoms with E-state index in [-0.39, 0.29) is 5.75 Å². The van der Waals surface area contributed by atoms with Crippen LogP contribution >= 0.6 is 0 Å². The highest BCUT2D eigenvalue weighted by Crippen LogP contribution is 2.24. The van der Waals surface area contributed by atoms with Crippen LogP contribution in [0.1, 0.15) is 23.1 Å². The zero-order valence-electron chi connectivity index (χ0n) is 15.6. The summed E-state index contributed by atoms with van der Waals surface area (Å²) in [6, 6.07) is 14.5. The van der Waals surface area contributed by atoms with Crippen molar-refractivity contribution >= 4 is 20.7 Å². The van der Waals surface area contributed by atoms with Crippen molar-refractivity contribution in [3.8, 4) is 0 Å². The zero-order valence-corrected chi connectivity index (χ0v) is 16.4. The lowest BCUT2D eigenvalue weighted by Crippen LogP contribution is -2.20. The Bertz CT molecular complexity index is 1040. The number of benzene rings is 2. The fraction of sp³-hybridized carbons (Fsp3) is 0.381. The van der Waals surface area contributed by atoms with E-state index >= 15 is 0 Å². The van der Waals surface area contributed by atoms with Crippen LogP contribution in [0.4, 0.5) is 0 Å². The summed E-state index contributed by atoms with van der Waals surface area (Å²) < 4.78 is 23.0. The lowest BCUT2D eigenvalue weighted by atomic mass is 9.98. The third-order valence-electron chi connectivity index (χ3n) is 5.23. The molecule has 1 aliphatic rings. The maximum absolute atomic E-state index is 11.5. The van der Waals surface area contributed by atoms with Crippen molar-refractivity contribution in [3.05, 3.63) is 65.4 Å². The molecule has 0 saturated carbocycles. The maximum Gasteiger partial charge on any atom is 0.151 e. The molecule has 0 unspecified atom stereocenters. The van der Waals surface area contributed by atoms with Gasteiger partial charge in [0.05, 0.1) is 17.5 Å². The fourth-order valence-corrected chi connectivity index (χ4v) is 4.84. The van der Waals surface area contributed by atoms with Crippen LogP contribution in [0, 0.1) is 5.92 Å². The molecule has 0 aliphatic carbocycles. The van der Waals surface area contributed by atoms with Crippen LogP contribution in [0.15, 0.2) is 48.7 Å². The van der Waals surface area contributed by atoms with Crippen molar-refractivity contribution < 1.29 is 8.42 Å². The summed E-state index contributed by atoms with van der Waals surface area (Å²) in [5.74, 6) is 0.772. The van der Waals surface area contributed by atoms with Gasteiger partial charge in [-0.1, -0.05) is 30.3 Å². The van der Waals surface area contributed by atoms with Gasteiger partial charge < -0.3 is 0 Å². The second-order valence-electron chi connectivity index (χ2n) is 7.78. The van der Waals surface area contributed by atoms with Crippen molar-refractivity contribution in [2.45, 2.75) is 25.1 Å². The van der Waals surface area contributed by atoms with Crippen molar-refractivity contribution in [1.82, 2.24) is 15.1 Å². The van der Waals surface area contributed by atoms with E-state index in [2.05, 4.69) is 39.4 Å². The average molecular weight is 384 g/mol. The smallest absolute Gasteiger partial charge is 0.151 e. The molecule has 5 nitrogen and oxygen atoms in total. The minimum Gasteiger partial charge on any atom is -0.299 e. The van der Waals surface area contributed by atoms with Crippen molar-refractivity contribution in [2.75, 3.05) is 19.3 Å². The van der Waals surface area contributed by atoms with Gasteiger partial charge in [0.2, 0.25) is 0 Å². The number of sulfone groups is 1. The number of nitrogens with zero attached hydrogens (tertiary/aromatic N) is 2. The highest BCUT2D eigenvalue weighted by Gasteiger charge is 2.23. The lowest BCUT2D eigenvalue weighted by Gasteiger charge is -2.17. The van der Waals surface area contributed by atoms with Crippen molar-refractivity contribution in [3.63, 3.8) is 0 Å². The molecule has 142 valence electrons. The largest absolute Gasteiger partial charge is 0.299 e. The molecule has 0 spiro atoms. The number of nitrogens with one attached hydrogen (secondary N) is 1. The van der Waals surface area contributed by atoms with E-state index in [1.54, 1.807) is 0 Å². The third-order valence-corrected chi connectivity index (χ3v) is 6.08. The quantitative estimate of drug-likeness (QED) is 0.710. The second-order valence-corrected chi connectivity index (χ2v) is 9.92. The summed E-state index contributed by atoms with van der Waals surface area (Å²) in [6.45, 7) is 3.06. The van der Waals surface area contributed by atoms with E-state index in [1.165, 1.54) is 29.2 Å². The molecule has 1 saturated heterocycles. The van der Waals surface area contributed by atoms with Crippen molar-refractivity contribution in [1.29, 1.82) is 0 Å². The normalized spacial score (nSPS) is 18.3. The van der Waals surface area contributed by atoms with Gasteiger partial charge >= 0.3 is 0 Å². The first-order valence-corrected chi connectivity index (χ1v) is 11.4. The standard InChI is InChI=1S/C21H25N3O2S/c1-27(25,26)15-19-4-2-3-17(10-19)13-24-8-7-18(14-24)9-16-5-6-21-20(11-16)12-22-23-21/h2-6,10-12,18H,7-9,13-15H2,1H3,(H,22,23)/t18-/m1/s1. The Kier molecular flexibility index (Phi) is 5.02. The van der Waals surface area contributed by atoms with Gasteiger partial charge in [-0.05, 0) is 54.1 Å². The molecule has 1 fully saturated rings. The first-order valence-electron chi connectivity index (χ1n) is 9.34. The van der Waals surface area contributed by atoms with Gasteiger partial charge in [0.25, 0.3) is 0 Å². The Labute approximate surface area is 160 Å². The number of aromatic nitrogens is 2. The van der Waals surface area contributed by atoms with E-state index < -0.39 is 9.84 Å². The molecule has 1 atom stereocenters. The highest BCUT2D eigenvalue weighted by molar-refractivity contribution is 7.89. The number of hydrogen-bond acceptors (Lipinski definition) is 4. The summed E-state index contributed by atoms with van der Waals surface area (Å²) >= 11 is 0. The number of hydrogen-bond donors (Lipinski definition) is 1. The molecule has 0 radical (unpaired) electrons. The van der Waals surface area contributed by atoms with E-state index in [1.807, 2.05) is 24.4 Å². The number of likely N-dealkylation sites (tertiary alicyclic amines) is 1. The first kappa shape index (κ1) is 18.2. The topological polar surface area (TPSA) is 66.1 Å². The van der Waals surface area contributed by atoms with Gasteiger partial charge in [0, 0.05) is 24.7 Å². The van der Waals surface area contributed by atoms with E-state index in [0.29, 0.717) is 5.92 Å². The first-order chi connectivity index (χ1) is 12.9. The molecule has 4 rings (SSSR count). The Hall–Kier alpha value is -2.18. The SMILES string of the molecule is CS(=O)(=O)Cc1cccc(CN2CC[C@H](Cc3ccc4[nH]ncc4c3)C2)c1. The van der Waals surface area contributed by atoms with Crippen LogP contribution in [0.25, 0.3) is 10.9 Å². The van der Waals surface area contributed by atoms with Crippen LogP contribution in [0.3, 0.4) is 0 Å². The molecule has 2 heterocycles. The van der Waals surface area contributed by atoms with E-state index in [9.17, 15) is 8.42 Å². The van der Waals surface area contributed by atoms with Crippen LogP contribution in [0.2, 0.25) is 0 Å². The predicted octanol–water partition coefficient (Wildman–Crippen LogP) is 3.17. The number of H-pyrrole nitrogens is 1. The van der Waals surface area contributed by atoms with Gasteiger partial charge in [-0.3, -0.25) is 10.00 Å². The second kappa shape index (κ2) is 7.44. The minimum absolute atomic E-state index is 0.111. The van der Waals surface area contributed by atoms with Crippen LogP contribution in [0.5, 0.6) is 0 Å². The zero-order chi connectivity index (χ0) is 18.9. The summed E-state index contributed by atoms with van der Waals surface area (Å²) in [5, 5.41) is 8.26. The Morgan fingerprint density at radius 3 is 2.85 bits per heavy atom. The van der Waals surface area contributed by atoms with E-state index in [0.717, 1.165) is 37.1 Å². The molecule has 0 bridgehead atoms. The fourth-order valence-electron chi connectivity index (χ4n) is 4.05. The molecule has 0 amide bonds. The Morgan fingerprint density at radius 2 is 2.00 bits per heavy atom. The number of rotatable bonds is 6. The molecule has 2 aromatic carbocycles. The van der Waals surface area contributed by atoms with Crippen LogP contribution in [-0.2, 0) is 28.6 Å². The molecule has 3 aromatic rings. The lowest BCUT2D eigenvalue weighted by molar-refractivity contribution is 0.316. The molecular formula is C21H25N3O2S. The molecule has 1 aliphatic heterocycles. The van der Waals surface area contributed by atoms with E-state index in [4.69, 9.17) is 0 Å². The molecule has 1 N–H and O–H groups in total. The van der Waals surface area contributed by atoms with Gasteiger partial charge in [-0.15, -0.1) is 0 Å². The summed E-state index contributed by atoms with van der Waals surface area (Å²) in [7, 11) is -3.00. The van der Waals surface area contributed by atoms with Gasteiger partial charge in [0.15, 0.2) is 9.84 Å². The van der Waals surface area contributed by atoms with Gasteiger partial charge in [0.1, 0.15) is 0 Å². The molecule has 6 heteroatoms. The number of fused-ring (bicyclic) bond motifs is 1. The maximum atomic E-state index is 11.5. The average Bonchev–Trinajstić information content (AvgIpc) is 3.22. The molecule has 1 aromatic heterocycles. The molecular weight excluding hydrogens is 358 g/mol. The number of aromatic amines is 1. The predicted molar refractivity (Wildman–Crippen MR) is 108 cm³/mol. The minimum atomic E-state index is -3.00. The third kappa shape index (κ3) is 4.76. The highest BCUT2D eigenvalue weighted by atomic mass is 32.2. The van der Waals surface area contributed by atoms with Gasteiger partial charge in [-0.2, -0.15) is 5.10 Å². The van der Waals surface area contributed by atoms with Crippen LogP contribution < -0.4 is 0 Å².